The van der Waals surface area contributed by atoms with E-state index in [1.54, 1.807) is 6.07 Å². The molecule has 160 valence electrons. The van der Waals surface area contributed by atoms with Crippen LogP contribution in [-0.2, 0) is 30.9 Å². The average molecular weight is 443 g/mol. The maximum Gasteiger partial charge on any atom is 0.248 e. The van der Waals surface area contributed by atoms with E-state index in [2.05, 4.69) is 10.5 Å². The monoisotopic (exact) mass is 442 g/mol. The predicted octanol–water partition coefficient (Wildman–Crippen LogP) is 2.86. The van der Waals surface area contributed by atoms with Gasteiger partial charge in [-0.25, -0.2) is 16.8 Å². The van der Waals surface area contributed by atoms with Gasteiger partial charge >= 0.3 is 0 Å². The van der Waals surface area contributed by atoms with Crippen LogP contribution < -0.4 is 5.32 Å². The van der Waals surface area contributed by atoms with Crippen LogP contribution in [0.25, 0.3) is 0 Å². The lowest BCUT2D eigenvalue weighted by atomic mass is 9.91. The summed E-state index contributed by atoms with van der Waals surface area (Å²) in [5, 5.41) is 6.35. The van der Waals surface area contributed by atoms with E-state index in [1.807, 2.05) is 20.8 Å². The zero-order chi connectivity index (χ0) is 22.3. The van der Waals surface area contributed by atoms with Crippen LogP contribution in [0.15, 0.2) is 44.6 Å². The molecule has 1 amide bonds. The number of aromatic nitrogens is 1. The first-order chi connectivity index (χ1) is 13.0. The molecule has 0 radical (unpaired) electrons. The number of anilines is 1. The van der Waals surface area contributed by atoms with Crippen molar-refractivity contribution in [3.05, 3.63) is 36.0 Å². The molecule has 1 aromatic carbocycles. The first-order valence-corrected chi connectivity index (χ1v) is 12.2. The molecule has 1 heterocycles. The highest BCUT2D eigenvalue weighted by atomic mass is 32.2. The van der Waals surface area contributed by atoms with Crippen LogP contribution in [0.1, 0.15) is 40.3 Å². The number of amides is 1. The van der Waals surface area contributed by atoms with Gasteiger partial charge in [-0.1, -0.05) is 25.9 Å². The van der Waals surface area contributed by atoms with Crippen molar-refractivity contribution in [3.63, 3.8) is 0 Å². The second-order valence-corrected chi connectivity index (χ2v) is 13.1. The van der Waals surface area contributed by atoms with E-state index in [1.165, 1.54) is 38.1 Å². The Kier molecular flexibility index (Phi) is 6.02. The molecule has 10 heteroatoms. The normalized spacial score (nSPS) is 13.3. The second kappa shape index (κ2) is 7.56. The van der Waals surface area contributed by atoms with E-state index in [0.717, 1.165) is 6.26 Å². The van der Waals surface area contributed by atoms with Crippen LogP contribution in [0.4, 0.5) is 5.88 Å². The Labute approximate surface area is 171 Å². The van der Waals surface area contributed by atoms with Crippen molar-refractivity contribution in [1.82, 2.24) is 5.16 Å². The van der Waals surface area contributed by atoms with Crippen molar-refractivity contribution in [2.75, 3.05) is 11.6 Å². The zero-order valence-corrected chi connectivity index (χ0v) is 18.9. The van der Waals surface area contributed by atoms with Crippen LogP contribution in [0, 0.1) is 5.41 Å². The molecule has 0 atom stereocenters. The van der Waals surface area contributed by atoms with Gasteiger partial charge in [-0.05, 0) is 49.9 Å². The van der Waals surface area contributed by atoms with E-state index >= 15 is 0 Å². The molecular weight excluding hydrogens is 416 g/mol. The highest BCUT2D eigenvalue weighted by molar-refractivity contribution is 7.93. The number of carbonyl (C=O) groups excluding carboxylic acids is 1. The fraction of sp³-hybridized carbons (Fsp3) is 0.474. The van der Waals surface area contributed by atoms with Crippen LogP contribution in [0.3, 0.4) is 0 Å². The summed E-state index contributed by atoms with van der Waals surface area (Å²) in [5.41, 5.74) is 0.614. The van der Waals surface area contributed by atoms with Gasteiger partial charge in [0.15, 0.2) is 19.7 Å². The van der Waals surface area contributed by atoms with Gasteiger partial charge in [0.25, 0.3) is 0 Å². The molecule has 0 saturated heterocycles. The third-order valence-electron chi connectivity index (χ3n) is 4.29. The van der Waals surface area contributed by atoms with E-state index in [9.17, 15) is 21.6 Å². The number of sulfone groups is 2. The molecule has 2 aromatic rings. The van der Waals surface area contributed by atoms with E-state index in [4.69, 9.17) is 4.52 Å². The lowest BCUT2D eigenvalue weighted by Crippen LogP contribution is -2.44. The summed E-state index contributed by atoms with van der Waals surface area (Å²) in [6.07, 6.45) is 1.65. The lowest BCUT2D eigenvalue weighted by molar-refractivity contribution is -0.118. The molecule has 0 saturated carbocycles. The molecule has 0 unspecified atom stereocenters. The molecule has 0 aliphatic heterocycles. The standard InChI is InChI=1S/C19H26N2O6S2/c1-18(2,3)12-13-11-16(27-21-13)20-17(22)19(4,5)29(25,26)15-9-7-14(8-10-15)28(6,23)24/h7-11H,12H2,1-6H3,(H,20,22). The van der Waals surface area contributed by atoms with Gasteiger partial charge in [0.2, 0.25) is 11.8 Å². The lowest BCUT2D eigenvalue weighted by Gasteiger charge is -2.23. The summed E-state index contributed by atoms with van der Waals surface area (Å²) in [7, 11) is -7.57. The second-order valence-electron chi connectivity index (χ2n) is 8.63. The Morgan fingerprint density at radius 2 is 1.52 bits per heavy atom. The highest BCUT2D eigenvalue weighted by Gasteiger charge is 2.43. The van der Waals surface area contributed by atoms with Crippen molar-refractivity contribution in [1.29, 1.82) is 0 Å². The van der Waals surface area contributed by atoms with Gasteiger partial charge in [0, 0.05) is 12.3 Å². The molecular formula is C19H26N2O6S2. The third kappa shape index (κ3) is 5.24. The minimum absolute atomic E-state index is 0.00764. The molecule has 1 N–H and O–H groups in total. The predicted molar refractivity (Wildman–Crippen MR) is 109 cm³/mol. The fourth-order valence-electron chi connectivity index (χ4n) is 2.54. The number of nitrogens with one attached hydrogen (secondary N) is 1. The molecule has 0 aliphatic carbocycles. The zero-order valence-electron chi connectivity index (χ0n) is 17.3. The van der Waals surface area contributed by atoms with Gasteiger partial charge in [0.1, 0.15) is 4.75 Å². The van der Waals surface area contributed by atoms with Gasteiger partial charge in [-0.2, -0.15) is 0 Å². The van der Waals surface area contributed by atoms with Crippen molar-refractivity contribution in [2.24, 2.45) is 5.41 Å². The summed E-state index contributed by atoms with van der Waals surface area (Å²) in [5.74, 6) is -0.729. The number of hydrogen-bond acceptors (Lipinski definition) is 7. The molecule has 0 fully saturated rings. The first kappa shape index (κ1) is 23.1. The minimum atomic E-state index is -4.11. The molecule has 0 aliphatic rings. The Morgan fingerprint density at radius 1 is 1.00 bits per heavy atom. The van der Waals surface area contributed by atoms with Crippen molar-refractivity contribution in [2.45, 2.75) is 55.6 Å². The summed E-state index contributed by atoms with van der Waals surface area (Å²) < 4.78 is 52.4. The van der Waals surface area contributed by atoms with Crippen molar-refractivity contribution in [3.8, 4) is 0 Å². The van der Waals surface area contributed by atoms with Gasteiger partial charge in [-0.3, -0.25) is 10.1 Å². The highest BCUT2D eigenvalue weighted by Crippen LogP contribution is 2.28. The summed E-state index contributed by atoms with van der Waals surface area (Å²) in [6.45, 7) is 8.64. The Morgan fingerprint density at radius 3 is 2.00 bits per heavy atom. The van der Waals surface area contributed by atoms with Crippen LogP contribution in [-0.4, -0.2) is 38.9 Å². The maximum atomic E-state index is 13.0. The summed E-state index contributed by atoms with van der Waals surface area (Å²) >= 11 is 0. The number of benzene rings is 1. The van der Waals surface area contributed by atoms with Crippen molar-refractivity contribution < 1.29 is 26.2 Å². The topological polar surface area (TPSA) is 123 Å². The summed E-state index contributed by atoms with van der Waals surface area (Å²) in [6, 6.07) is 6.32. The third-order valence-corrected chi connectivity index (χ3v) is 7.84. The smallest absolute Gasteiger partial charge is 0.248 e. The van der Waals surface area contributed by atoms with Crippen molar-refractivity contribution >= 4 is 31.5 Å². The first-order valence-electron chi connectivity index (χ1n) is 8.86. The SMILES string of the molecule is CC(C)(C)Cc1cc(NC(=O)C(C)(C)S(=O)(=O)c2ccc(S(C)(=O)=O)cc2)on1. The largest absolute Gasteiger partial charge is 0.338 e. The van der Waals surface area contributed by atoms with Gasteiger partial charge < -0.3 is 4.52 Å². The minimum Gasteiger partial charge on any atom is -0.338 e. The van der Waals surface area contributed by atoms with E-state index in [0.29, 0.717) is 12.1 Å². The van der Waals surface area contributed by atoms with Crippen LogP contribution in [0.2, 0.25) is 0 Å². The molecule has 8 nitrogen and oxygen atoms in total. The van der Waals surface area contributed by atoms with Crippen LogP contribution >= 0.6 is 0 Å². The molecule has 29 heavy (non-hydrogen) atoms. The Balaban J connectivity index is 2.25. The van der Waals surface area contributed by atoms with E-state index in [-0.39, 0.29) is 21.1 Å². The molecule has 0 bridgehead atoms. The van der Waals surface area contributed by atoms with Gasteiger partial charge in [-0.15, -0.1) is 0 Å². The number of hydrogen-bond donors (Lipinski definition) is 1. The van der Waals surface area contributed by atoms with Gasteiger partial charge in [0.05, 0.1) is 15.5 Å². The molecule has 1 aromatic heterocycles. The molecule has 2 rings (SSSR count). The quantitative estimate of drug-likeness (QED) is 0.729. The Bertz CT molecular complexity index is 1110. The number of nitrogens with zero attached hydrogens (tertiary/aromatic N) is 1. The Hall–Kier alpha value is -2.20. The number of rotatable bonds is 6. The average Bonchev–Trinajstić information content (AvgIpc) is 2.98. The fourth-order valence-corrected chi connectivity index (χ4v) is 4.55. The van der Waals surface area contributed by atoms with Crippen LogP contribution in [0.5, 0.6) is 0 Å². The summed E-state index contributed by atoms with van der Waals surface area (Å²) in [4.78, 5) is 12.5. The van der Waals surface area contributed by atoms with E-state index < -0.39 is 30.3 Å². The number of carbonyl (C=O) groups is 1. The molecule has 0 spiro atoms. The maximum absolute atomic E-state index is 13.0.